The molecule has 0 unspecified atom stereocenters. The Balaban J connectivity index is 1.45. The van der Waals surface area contributed by atoms with Gasteiger partial charge in [-0.1, -0.05) is 18.6 Å². The van der Waals surface area contributed by atoms with Crippen molar-refractivity contribution in [2.75, 3.05) is 39.3 Å². The molecule has 8 nitrogen and oxygen atoms in total. The quantitative estimate of drug-likeness (QED) is 0.634. The lowest BCUT2D eigenvalue weighted by Gasteiger charge is -2.34. The van der Waals surface area contributed by atoms with Crippen molar-refractivity contribution in [1.29, 1.82) is 0 Å². The van der Waals surface area contributed by atoms with Crippen LogP contribution in [0, 0.1) is 5.82 Å². The number of carbonyl (C=O) groups excluding carboxylic acids is 1. The SMILES string of the molecule is O=C(c1cccc(S(=O)(=O)N2CCCCC2)c1)N1CCN(S(=O)(=O)c2cccc(F)c2)CC1. The van der Waals surface area contributed by atoms with E-state index in [4.69, 9.17) is 0 Å². The summed E-state index contributed by atoms with van der Waals surface area (Å²) in [5.74, 6) is -0.988. The summed E-state index contributed by atoms with van der Waals surface area (Å²) >= 11 is 0. The van der Waals surface area contributed by atoms with E-state index in [0.717, 1.165) is 25.3 Å². The summed E-state index contributed by atoms with van der Waals surface area (Å²) in [5, 5.41) is 0. The van der Waals surface area contributed by atoms with Crippen LogP contribution in [0.3, 0.4) is 0 Å². The Bertz CT molecular complexity index is 1240. The maximum atomic E-state index is 13.5. The van der Waals surface area contributed by atoms with Crippen LogP contribution in [0.4, 0.5) is 4.39 Å². The van der Waals surface area contributed by atoms with E-state index in [1.165, 1.54) is 43.8 Å². The Kier molecular flexibility index (Phi) is 6.85. The largest absolute Gasteiger partial charge is 0.336 e. The molecule has 178 valence electrons. The van der Waals surface area contributed by atoms with E-state index < -0.39 is 25.9 Å². The van der Waals surface area contributed by atoms with Gasteiger partial charge in [-0.25, -0.2) is 21.2 Å². The van der Waals surface area contributed by atoms with Gasteiger partial charge in [0, 0.05) is 44.8 Å². The van der Waals surface area contributed by atoms with Crippen molar-refractivity contribution < 1.29 is 26.0 Å². The summed E-state index contributed by atoms with van der Waals surface area (Å²) in [6.45, 7) is 1.38. The van der Waals surface area contributed by atoms with Crippen molar-refractivity contribution >= 4 is 26.0 Å². The third kappa shape index (κ3) is 4.96. The highest BCUT2D eigenvalue weighted by molar-refractivity contribution is 7.89. The molecule has 0 radical (unpaired) electrons. The smallest absolute Gasteiger partial charge is 0.253 e. The molecule has 2 saturated heterocycles. The number of benzene rings is 2. The first-order valence-corrected chi connectivity index (χ1v) is 13.7. The molecule has 0 bridgehead atoms. The summed E-state index contributed by atoms with van der Waals surface area (Å²) in [7, 11) is -7.53. The minimum absolute atomic E-state index is 0.0658. The van der Waals surface area contributed by atoms with Crippen molar-refractivity contribution in [3.8, 4) is 0 Å². The summed E-state index contributed by atoms with van der Waals surface area (Å²) in [6, 6.07) is 10.8. The Labute approximate surface area is 193 Å². The first kappa shape index (κ1) is 23.8. The third-order valence-electron chi connectivity index (χ3n) is 5.99. The number of nitrogens with zero attached hydrogens (tertiary/aromatic N) is 3. The molecule has 0 spiro atoms. The van der Waals surface area contributed by atoms with Gasteiger partial charge < -0.3 is 4.90 Å². The lowest BCUT2D eigenvalue weighted by Crippen LogP contribution is -2.50. The maximum absolute atomic E-state index is 13.5. The summed E-state index contributed by atoms with van der Waals surface area (Å²) in [6.07, 6.45) is 2.65. The van der Waals surface area contributed by atoms with Crippen LogP contribution in [-0.4, -0.2) is 75.5 Å². The van der Waals surface area contributed by atoms with Gasteiger partial charge >= 0.3 is 0 Å². The van der Waals surface area contributed by atoms with Crippen molar-refractivity contribution in [3.05, 3.63) is 59.9 Å². The number of carbonyl (C=O) groups is 1. The van der Waals surface area contributed by atoms with Crippen LogP contribution in [0.15, 0.2) is 58.3 Å². The molecule has 2 aliphatic heterocycles. The van der Waals surface area contributed by atoms with Crippen LogP contribution < -0.4 is 0 Å². The average molecular weight is 496 g/mol. The lowest BCUT2D eigenvalue weighted by molar-refractivity contribution is 0.0697. The standard InChI is InChI=1S/C22H26FN3O5S2/c23-19-7-5-9-21(17-19)33(30,31)26-14-12-24(13-15-26)22(27)18-6-4-8-20(16-18)32(28,29)25-10-2-1-3-11-25/h4-9,16-17H,1-3,10-15H2. The highest BCUT2D eigenvalue weighted by Crippen LogP contribution is 2.23. The summed E-state index contributed by atoms with van der Waals surface area (Å²) < 4.78 is 67.6. The Morgan fingerprint density at radius 2 is 1.24 bits per heavy atom. The molecule has 2 heterocycles. The van der Waals surface area contributed by atoms with Gasteiger partial charge in [0.05, 0.1) is 9.79 Å². The van der Waals surface area contributed by atoms with Gasteiger partial charge in [-0.3, -0.25) is 4.79 Å². The van der Waals surface area contributed by atoms with Crippen molar-refractivity contribution in [2.24, 2.45) is 0 Å². The van der Waals surface area contributed by atoms with Crippen molar-refractivity contribution in [1.82, 2.24) is 13.5 Å². The van der Waals surface area contributed by atoms with E-state index in [0.29, 0.717) is 13.1 Å². The zero-order valence-corrected chi connectivity index (χ0v) is 19.7. The fourth-order valence-electron chi connectivity index (χ4n) is 4.13. The fourth-order valence-corrected chi connectivity index (χ4v) is 7.15. The van der Waals surface area contributed by atoms with Crippen molar-refractivity contribution in [3.63, 3.8) is 0 Å². The molecular weight excluding hydrogens is 469 g/mol. The molecule has 0 aromatic heterocycles. The number of piperidine rings is 1. The number of amides is 1. The highest BCUT2D eigenvalue weighted by atomic mass is 32.2. The monoisotopic (exact) mass is 495 g/mol. The summed E-state index contributed by atoms with van der Waals surface area (Å²) in [5.41, 5.74) is 0.245. The van der Waals surface area contributed by atoms with Crippen LogP contribution >= 0.6 is 0 Å². The second-order valence-electron chi connectivity index (χ2n) is 8.15. The Hall–Kier alpha value is -2.34. The molecule has 4 rings (SSSR count). The van der Waals surface area contributed by atoms with Crippen LogP contribution in [0.1, 0.15) is 29.6 Å². The van der Waals surface area contributed by atoms with Gasteiger partial charge in [0.15, 0.2) is 0 Å². The first-order valence-electron chi connectivity index (χ1n) is 10.8. The average Bonchev–Trinajstić information content (AvgIpc) is 2.84. The molecule has 0 aliphatic carbocycles. The third-order valence-corrected chi connectivity index (χ3v) is 9.78. The molecule has 0 atom stereocenters. The number of hydrogen-bond acceptors (Lipinski definition) is 5. The molecule has 0 saturated carbocycles. The van der Waals surface area contributed by atoms with Crippen LogP contribution in [0.2, 0.25) is 0 Å². The fraction of sp³-hybridized carbons (Fsp3) is 0.409. The minimum atomic E-state index is -3.87. The van der Waals surface area contributed by atoms with Crippen LogP contribution in [-0.2, 0) is 20.0 Å². The molecule has 1 amide bonds. The van der Waals surface area contributed by atoms with Gasteiger partial charge in [0.1, 0.15) is 5.82 Å². The first-order chi connectivity index (χ1) is 15.7. The van der Waals surface area contributed by atoms with Gasteiger partial charge in [-0.2, -0.15) is 8.61 Å². The van der Waals surface area contributed by atoms with Gasteiger partial charge in [-0.15, -0.1) is 0 Å². The molecule has 2 aromatic carbocycles. The van der Waals surface area contributed by atoms with Crippen LogP contribution in [0.5, 0.6) is 0 Å². The molecule has 0 N–H and O–H groups in total. The zero-order valence-electron chi connectivity index (χ0n) is 18.1. The molecular formula is C22H26FN3O5S2. The minimum Gasteiger partial charge on any atom is -0.336 e. The Morgan fingerprint density at radius 3 is 1.85 bits per heavy atom. The van der Waals surface area contributed by atoms with Crippen molar-refractivity contribution in [2.45, 2.75) is 29.1 Å². The lowest BCUT2D eigenvalue weighted by atomic mass is 10.2. The number of halogens is 1. The number of hydrogen-bond donors (Lipinski definition) is 0. The van der Waals surface area contributed by atoms with E-state index >= 15 is 0 Å². The number of rotatable bonds is 5. The van der Waals surface area contributed by atoms with Gasteiger partial charge in [-0.05, 0) is 49.2 Å². The second kappa shape index (κ2) is 9.49. The predicted molar refractivity (Wildman–Crippen MR) is 120 cm³/mol. The topological polar surface area (TPSA) is 95.1 Å². The summed E-state index contributed by atoms with van der Waals surface area (Å²) in [4.78, 5) is 14.5. The molecule has 2 aromatic rings. The van der Waals surface area contributed by atoms with Gasteiger partial charge in [0.25, 0.3) is 5.91 Å². The van der Waals surface area contributed by atoms with E-state index in [-0.39, 0.29) is 47.4 Å². The molecule has 11 heteroatoms. The van der Waals surface area contributed by atoms with E-state index in [1.54, 1.807) is 12.1 Å². The zero-order chi connectivity index (χ0) is 23.6. The normalized spacial score (nSPS) is 18.9. The highest BCUT2D eigenvalue weighted by Gasteiger charge is 2.31. The molecule has 2 aliphatic rings. The maximum Gasteiger partial charge on any atom is 0.253 e. The molecule has 33 heavy (non-hydrogen) atoms. The van der Waals surface area contributed by atoms with E-state index in [2.05, 4.69) is 0 Å². The van der Waals surface area contributed by atoms with E-state index in [9.17, 15) is 26.0 Å². The van der Waals surface area contributed by atoms with Crippen LogP contribution in [0.25, 0.3) is 0 Å². The Morgan fingerprint density at radius 1 is 0.697 bits per heavy atom. The predicted octanol–water partition coefficient (Wildman–Crippen LogP) is 2.15. The molecule has 2 fully saturated rings. The number of piperazine rings is 1. The van der Waals surface area contributed by atoms with E-state index in [1.807, 2.05) is 0 Å². The second-order valence-corrected chi connectivity index (χ2v) is 12.0. The number of sulfonamides is 2. The van der Waals surface area contributed by atoms with Gasteiger partial charge in [0.2, 0.25) is 20.0 Å².